The van der Waals surface area contributed by atoms with Crippen LogP contribution in [-0.2, 0) is 21.8 Å². The Morgan fingerprint density at radius 1 is 1.42 bits per heavy atom. The molecule has 0 bridgehead atoms. The number of aromatic nitrogens is 2. The van der Waals surface area contributed by atoms with Gasteiger partial charge >= 0.3 is 5.97 Å². The van der Waals surface area contributed by atoms with Crippen LogP contribution in [0.1, 0.15) is 22.1 Å². The highest BCUT2D eigenvalue weighted by atomic mass is 35.5. The Kier molecular flexibility index (Phi) is 6.40. The Hall–Kier alpha value is -1.94. The molecule has 2 aromatic rings. The molecule has 1 fully saturated rings. The molecule has 1 aliphatic rings. The van der Waals surface area contributed by atoms with Crippen LogP contribution in [0.15, 0.2) is 41.7 Å². The maximum absolute atomic E-state index is 13.2. The molecule has 0 aliphatic carbocycles. The second-order valence-corrected chi connectivity index (χ2v) is 7.68. The molecule has 1 atom stereocenters. The number of halogens is 1. The van der Waals surface area contributed by atoms with Crippen LogP contribution in [0.4, 0.5) is 0 Å². The smallest absolute Gasteiger partial charge is 0.354 e. The van der Waals surface area contributed by atoms with Crippen molar-refractivity contribution in [1.82, 2.24) is 19.2 Å². The van der Waals surface area contributed by atoms with Gasteiger partial charge in [0, 0.05) is 45.3 Å². The molecular formula is C16H21ClN4O4S. The SMILES string of the molecule is COC(=O)c1cc(S(=O)(=O)N2CCNCC2c2cccnc2)cn1C.Cl. The van der Waals surface area contributed by atoms with Crippen LogP contribution in [0.25, 0.3) is 0 Å². The normalized spacial score (nSPS) is 18.2. The third-order valence-electron chi connectivity index (χ3n) is 4.24. The van der Waals surface area contributed by atoms with Crippen molar-refractivity contribution in [2.45, 2.75) is 10.9 Å². The fraction of sp³-hybridized carbons (Fsp3) is 0.375. The number of hydrogen-bond donors (Lipinski definition) is 1. The maximum atomic E-state index is 13.2. The lowest BCUT2D eigenvalue weighted by Crippen LogP contribution is -2.48. The second kappa shape index (κ2) is 8.17. The number of ether oxygens (including phenoxy) is 1. The van der Waals surface area contributed by atoms with Gasteiger partial charge in [-0.15, -0.1) is 12.4 Å². The third-order valence-corrected chi connectivity index (χ3v) is 6.12. The molecule has 8 nitrogen and oxygen atoms in total. The van der Waals surface area contributed by atoms with Gasteiger partial charge in [-0.1, -0.05) is 6.07 Å². The average molecular weight is 401 g/mol. The minimum Gasteiger partial charge on any atom is -0.464 e. The van der Waals surface area contributed by atoms with E-state index in [1.165, 1.54) is 28.2 Å². The van der Waals surface area contributed by atoms with Crippen molar-refractivity contribution in [3.63, 3.8) is 0 Å². The van der Waals surface area contributed by atoms with E-state index < -0.39 is 16.0 Å². The topological polar surface area (TPSA) is 93.5 Å². The number of carbonyl (C=O) groups excluding carboxylic acids is 1. The van der Waals surface area contributed by atoms with Crippen molar-refractivity contribution < 1.29 is 17.9 Å². The number of aryl methyl sites for hydroxylation is 1. The first-order chi connectivity index (χ1) is 11.9. The molecular weight excluding hydrogens is 380 g/mol. The molecule has 1 unspecified atom stereocenters. The molecule has 142 valence electrons. The Labute approximate surface area is 158 Å². The number of pyridine rings is 1. The molecule has 0 saturated carbocycles. The van der Waals surface area contributed by atoms with Crippen LogP contribution >= 0.6 is 12.4 Å². The first kappa shape index (κ1) is 20.4. The van der Waals surface area contributed by atoms with E-state index in [0.29, 0.717) is 19.6 Å². The summed E-state index contributed by atoms with van der Waals surface area (Å²) in [5.41, 5.74) is 1.01. The molecule has 3 rings (SSSR count). The summed E-state index contributed by atoms with van der Waals surface area (Å²) >= 11 is 0. The maximum Gasteiger partial charge on any atom is 0.354 e. The zero-order valence-electron chi connectivity index (χ0n) is 14.5. The number of nitrogens with one attached hydrogen (secondary N) is 1. The fourth-order valence-electron chi connectivity index (χ4n) is 2.95. The molecule has 1 saturated heterocycles. The van der Waals surface area contributed by atoms with Crippen LogP contribution in [0.5, 0.6) is 0 Å². The van der Waals surface area contributed by atoms with Gasteiger partial charge in [0.2, 0.25) is 10.0 Å². The summed E-state index contributed by atoms with van der Waals surface area (Å²) in [6.07, 6.45) is 4.76. The monoisotopic (exact) mass is 400 g/mol. The molecule has 0 amide bonds. The van der Waals surface area contributed by atoms with Gasteiger partial charge in [-0.3, -0.25) is 4.98 Å². The minimum atomic E-state index is -3.77. The standard InChI is InChI=1S/C16H20N4O4S.ClH/c1-19-11-13(8-14(19)16(21)24-2)25(22,23)20-7-6-18-10-15(20)12-4-3-5-17-9-12;/h3-5,8-9,11,15,18H,6-7,10H2,1-2H3;1H. The third kappa shape index (κ3) is 3.75. The highest BCUT2D eigenvalue weighted by Crippen LogP contribution is 2.29. The predicted octanol–water partition coefficient (Wildman–Crippen LogP) is 0.964. The van der Waals surface area contributed by atoms with Gasteiger partial charge in [0.25, 0.3) is 0 Å². The van der Waals surface area contributed by atoms with Gasteiger partial charge in [0.15, 0.2) is 0 Å². The summed E-state index contributed by atoms with van der Waals surface area (Å²) in [4.78, 5) is 15.9. The zero-order chi connectivity index (χ0) is 18.0. The van der Waals surface area contributed by atoms with Crippen molar-refractivity contribution in [1.29, 1.82) is 0 Å². The summed E-state index contributed by atoms with van der Waals surface area (Å²) in [5.74, 6) is -0.576. The van der Waals surface area contributed by atoms with E-state index in [4.69, 9.17) is 4.74 Å². The second-order valence-electron chi connectivity index (χ2n) is 5.79. The van der Waals surface area contributed by atoms with Crippen molar-refractivity contribution >= 4 is 28.4 Å². The van der Waals surface area contributed by atoms with Gasteiger partial charge in [-0.2, -0.15) is 4.31 Å². The highest BCUT2D eigenvalue weighted by molar-refractivity contribution is 7.89. The molecule has 2 aromatic heterocycles. The van der Waals surface area contributed by atoms with Crippen LogP contribution in [0.3, 0.4) is 0 Å². The number of methoxy groups -OCH3 is 1. The largest absolute Gasteiger partial charge is 0.464 e. The van der Waals surface area contributed by atoms with Crippen LogP contribution in [-0.4, -0.2) is 55.0 Å². The summed E-state index contributed by atoms with van der Waals surface area (Å²) in [6, 6.07) is 4.64. The quantitative estimate of drug-likeness (QED) is 0.768. The Morgan fingerprint density at radius 3 is 2.85 bits per heavy atom. The van der Waals surface area contributed by atoms with E-state index in [2.05, 4.69) is 10.3 Å². The molecule has 0 spiro atoms. The summed E-state index contributed by atoms with van der Waals surface area (Å²) < 4.78 is 33.9. The average Bonchev–Trinajstić information content (AvgIpc) is 3.04. The summed E-state index contributed by atoms with van der Waals surface area (Å²) in [7, 11) is -0.891. The van der Waals surface area contributed by atoms with E-state index in [-0.39, 0.29) is 29.0 Å². The van der Waals surface area contributed by atoms with Crippen molar-refractivity contribution in [2.24, 2.45) is 7.05 Å². The lowest BCUT2D eigenvalue weighted by molar-refractivity contribution is 0.0590. The molecule has 1 N–H and O–H groups in total. The molecule has 10 heteroatoms. The number of nitrogens with zero attached hydrogens (tertiary/aromatic N) is 3. The van der Waals surface area contributed by atoms with Crippen LogP contribution in [0.2, 0.25) is 0 Å². The summed E-state index contributed by atoms with van der Waals surface area (Å²) in [6.45, 7) is 1.40. The van der Waals surface area contributed by atoms with Crippen molar-refractivity contribution in [3.05, 3.63) is 48.0 Å². The molecule has 1 aliphatic heterocycles. The zero-order valence-corrected chi connectivity index (χ0v) is 16.1. The number of hydrogen-bond acceptors (Lipinski definition) is 6. The Bertz CT molecular complexity index is 870. The number of piperazine rings is 1. The molecule has 0 radical (unpaired) electrons. The highest BCUT2D eigenvalue weighted by Gasteiger charge is 2.35. The summed E-state index contributed by atoms with van der Waals surface area (Å²) in [5, 5.41) is 3.22. The van der Waals surface area contributed by atoms with E-state index in [0.717, 1.165) is 5.56 Å². The van der Waals surface area contributed by atoms with Gasteiger partial charge in [0.05, 0.1) is 13.2 Å². The Balaban J connectivity index is 0.00000243. The first-order valence-electron chi connectivity index (χ1n) is 7.82. The number of rotatable bonds is 4. The van der Waals surface area contributed by atoms with E-state index >= 15 is 0 Å². The minimum absolute atomic E-state index is 0. The molecule has 0 aromatic carbocycles. The molecule has 26 heavy (non-hydrogen) atoms. The fourth-order valence-corrected chi connectivity index (χ4v) is 4.63. The lowest BCUT2D eigenvalue weighted by Gasteiger charge is -2.35. The number of esters is 1. The number of carbonyl (C=O) groups is 1. The Morgan fingerprint density at radius 2 is 2.19 bits per heavy atom. The first-order valence-corrected chi connectivity index (χ1v) is 9.26. The van der Waals surface area contributed by atoms with E-state index in [1.807, 2.05) is 6.07 Å². The van der Waals surface area contributed by atoms with Crippen molar-refractivity contribution in [2.75, 3.05) is 26.7 Å². The van der Waals surface area contributed by atoms with Gasteiger partial charge in [-0.25, -0.2) is 13.2 Å². The van der Waals surface area contributed by atoms with Crippen molar-refractivity contribution in [3.8, 4) is 0 Å². The lowest BCUT2D eigenvalue weighted by atomic mass is 10.1. The van der Waals surface area contributed by atoms with Crippen LogP contribution in [0, 0.1) is 0 Å². The van der Waals surface area contributed by atoms with Gasteiger partial charge in [0.1, 0.15) is 10.6 Å². The molecule has 3 heterocycles. The van der Waals surface area contributed by atoms with Crippen LogP contribution < -0.4 is 5.32 Å². The van der Waals surface area contributed by atoms with E-state index in [9.17, 15) is 13.2 Å². The van der Waals surface area contributed by atoms with Gasteiger partial charge < -0.3 is 14.6 Å². The predicted molar refractivity (Wildman–Crippen MR) is 97.7 cm³/mol. The van der Waals surface area contributed by atoms with E-state index in [1.54, 1.807) is 25.5 Å². The van der Waals surface area contributed by atoms with Gasteiger partial charge in [-0.05, 0) is 17.7 Å². The number of sulfonamides is 1.